The fraction of sp³-hybridized carbons (Fsp3) is 0.381. The summed E-state index contributed by atoms with van der Waals surface area (Å²) in [6.45, 7) is 1.49. The maximum absolute atomic E-state index is 6.10. The summed E-state index contributed by atoms with van der Waals surface area (Å²) in [4.78, 5) is 0. The molecule has 1 aliphatic carbocycles. The average Bonchev–Trinajstić information content (AvgIpc) is 3.17. The Morgan fingerprint density at radius 1 is 1.08 bits per heavy atom. The van der Waals surface area contributed by atoms with Crippen LogP contribution in [0.5, 0.6) is 5.75 Å². The van der Waals surface area contributed by atoms with Gasteiger partial charge < -0.3 is 9.47 Å². The highest BCUT2D eigenvalue weighted by Crippen LogP contribution is 2.38. The summed E-state index contributed by atoms with van der Waals surface area (Å²) in [5.74, 6) is 0.935. The van der Waals surface area contributed by atoms with Crippen LogP contribution in [0.25, 0.3) is 21.9 Å². The molecule has 0 amide bonds. The fourth-order valence-electron chi connectivity index (χ4n) is 3.62. The van der Waals surface area contributed by atoms with E-state index in [9.17, 15) is 0 Å². The Kier molecular flexibility index (Phi) is 3.71. The van der Waals surface area contributed by atoms with Gasteiger partial charge in [-0.2, -0.15) is 5.10 Å². The molecule has 1 aromatic heterocycles. The normalized spacial score (nSPS) is 20.2. The van der Waals surface area contributed by atoms with Gasteiger partial charge in [-0.15, -0.1) is 0 Å². The van der Waals surface area contributed by atoms with Crippen molar-refractivity contribution < 1.29 is 9.47 Å². The lowest BCUT2D eigenvalue weighted by atomic mass is 10.00. The molecule has 2 aromatic carbocycles. The first-order chi connectivity index (χ1) is 12.4. The van der Waals surface area contributed by atoms with Crippen LogP contribution in [0, 0.1) is 0 Å². The second kappa shape index (κ2) is 6.19. The smallest absolute Gasteiger partial charge is 0.127 e. The molecular weight excluding hydrogens is 312 g/mol. The van der Waals surface area contributed by atoms with Gasteiger partial charge in [0.25, 0.3) is 0 Å². The van der Waals surface area contributed by atoms with Crippen LogP contribution in [0.4, 0.5) is 0 Å². The van der Waals surface area contributed by atoms with Gasteiger partial charge in [-0.05, 0) is 48.8 Å². The zero-order valence-electron chi connectivity index (χ0n) is 14.2. The van der Waals surface area contributed by atoms with Crippen LogP contribution in [0.15, 0.2) is 48.8 Å². The van der Waals surface area contributed by atoms with Crippen LogP contribution < -0.4 is 4.74 Å². The Hall–Kier alpha value is -2.33. The predicted molar refractivity (Wildman–Crippen MR) is 97.9 cm³/mol. The number of aromatic nitrogens is 2. The average molecular weight is 334 g/mol. The highest BCUT2D eigenvalue weighted by molar-refractivity contribution is 5.99. The van der Waals surface area contributed by atoms with Gasteiger partial charge >= 0.3 is 0 Å². The number of fused-ring (bicyclic) bond motifs is 1. The molecule has 4 heteroatoms. The van der Waals surface area contributed by atoms with Crippen LogP contribution in [-0.4, -0.2) is 29.1 Å². The van der Waals surface area contributed by atoms with E-state index >= 15 is 0 Å². The minimum atomic E-state index is 0.232. The van der Waals surface area contributed by atoms with E-state index in [2.05, 4.69) is 52.4 Å². The van der Waals surface area contributed by atoms with E-state index in [0.29, 0.717) is 12.6 Å². The first kappa shape index (κ1) is 15.0. The minimum Gasteiger partial charge on any atom is -0.490 e. The molecule has 2 aliphatic rings. The number of hydrogen-bond acceptors (Lipinski definition) is 3. The molecule has 1 saturated carbocycles. The van der Waals surface area contributed by atoms with Gasteiger partial charge in [-0.25, -0.2) is 0 Å². The first-order valence-electron chi connectivity index (χ1n) is 9.19. The van der Waals surface area contributed by atoms with Crippen LogP contribution in [0.3, 0.4) is 0 Å². The van der Waals surface area contributed by atoms with E-state index < -0.39 is 0 Å². The zero-order chi connectivity index (χ0) is 16.6. The number of ether oxygens (including phenoxy) is 2. The highest BCUT2D eigenvalue weighted by Gasteiger charge is 2.24. The third-order valence-electron chi connectivity index (χ3n) is 5.17. The lowest BCUT2D eigenvalue weighted by Crippen LogP contribution is -2.16. The summed E-state index contributed by atoms with van der Waals surface area (Å²) >= 11 is 0. The number of rotatable bonds is 5. The fourth-order valence-corrected chi connectivity index (χ4v) is 3.62. The molecule has 0 spiro atoms. The summed E-state index contributed by atoms with van der Waals surface area (Å²) in [6, 6.07) is 13.3. The molecule has 2 heterocycles. The van der Waals surface area contributed by atoms with E-state index in [0.717, 1.165) is 30.6 Å². The van der Waals surface area contributed by atoms with Crippen molar-refractivity contribution in [2.45, 2.75) is 37.8 Å². The SMILES string of the molecule is c1ccc2c(-c3cnn(C4CC4)c3)ccc(OCC3CCCO3)c2c1. The third-order valence-corrected chi connectivity index (χ3v) is 5.17. The lowest BCUT2D eigenvalue weighted by molar-refractivity contribution is 0.0685. The van der Waals surface area contributed by atoms with Gasteiger partial charge in [0.15, 0.2) is 0 Å². The van der Waals surface area contributed by atoms with Crippen molar-refractivity contribution in [1.82, 2.24) is 9.78 Å². The summed E-state index contributed by atoms with van der Waals surface area (Å²) < 4.78 is 13.9. The summed E-state index contributed by atoms with van der Waals surface area (Å²) in [5.41, 5.74) is 2.39. The number of nitrogens with zero attached hydrogens (tertiary/aromatic N) is 2. The molecule has 0 bridgehead atoms. The topological polar surface area (TPSA) is 36.3 Å². The summed E-state index contributed by atoms with van der Waals surface area (Å²) in [5, 5.41) is 6.90. The molecule has 1 unspecified atom stereocenters. The molecule has 3 aromatic rings. The van der Waals surface area contributed by atoms with Crippen molar-refractivity contribution >= 4 is 10.8 Å². The Morgan fingerprint density at radius 3 is 2.76 bits per heavy atom. The lowest BCUT2D eigenvalue weighted by Gasteiger charge is -2.14. The second-order valence-electron chi connectivity index (χ2n) is 7.04. The maximum Gasteiger partial charge on any atom is 0.127 e. The molecule has 1 aliphatic heterocycles. The van der Waals surface area contributed by atoms with Crippen molar-refractivity contribution in [3.63, 3.8) is 0 Å². The molecule has 5 rings (SSSR count). The number of benzene rings is 2. The minimum absolute atomic E-state index is 0.232. The van der Waals surface area contributed by atoms with Gasteiger partial charge in [-0.3, -0.25) is 4.68 Å². The van der Waals surface area contributed by atoms with Gasteiger partial charge in [-0.1, -0.05) is 24.3 Å². The third kappa shape index (κ3) is 2.91. The summed E-state index contributed by atoms with van der Waals surface area (Å²) in [6.07, 6.45) is 9.11. The summed E-state index contributed by atoms with van der Waals surface area (Å²) in [7, 11) is 0. The van der Waals surface area contributed by atoms with E-state index in [1.54, 1.807) is 0 Å². The van der Waals surface area contributed by atoms with Gasteiger partial charge in [0, 0.05) is 23.8 Å². The standard InChI is InChI=1S/C21H22N2O2/c1-2-6-20-19(5-1)18(15-12-22-23(13-15)16-7-8-16)9-10-21(20)25-14-17-4-3-11-24-17/h1-2,5-6,9-10,12-13,16-17H,3-4,7-8,11,14H2. The predicted octanol–water partition coefficient (Wildman–Crippen LogP) is 4.60. The van der Waals surface area contributed by atoms with Crippen LogP contribution >= 0.6 is 0 Å². The van der Waals surface area contributed by atoms with Gasteiger partial charge in [0.1, 0.15) is 12.4 Å². The van der Waals surface area contributed by atoms with E-state index in [-0.39, 0.29) is 6.10 Å². The number of hydrogen-bond donors (Lipinski definition) is 0. The Labute approximate surface area is 147 Å². The van der Waals surface area contributed by atoms with Crippen molar-refractivity contribution in [1.29, 1.82) is 0 Å². The van der Waals surface area contributed by atoms with Crippen molar-refractivity contribution in [3.8, 4) is 16.9 Å². The van der Waals surface area contributed by atoms with Gasteiger partial charge in [0.2, 0.25) is 0 Å². The van der Waals surface area contributed by atoms with Crippen molar-refractivity contribution in [3.05, 3.63) is 48.8 Å². The highest BCUT2D eigenvalue weighted by atomic mass is 16.5. The molecule has 128 valence electrons. The Morgan fingerprint density at radius 2 is 1.96 bits per heavy atom. The van der Waals surface area contributed by atoms with E-state index in [1.165, 1.54) is 29.4 Å². The van der Waals surface area contributed by atoms with Crippen LogP contribution in [-0.2, 0) is 4.74 Å². The quantitative estimate of drug-likeness (QED) is 0.684. The molecule has 2 fully saturated rings. The monoisotopic (exact) mass is 334 g/mol. The van der Waals surface area contributed by atoms with Crippen LogP contribution in [0.1, 0.15) is 31.7 Å². The second-order valence-corrected chi connectivity index (χ2v) is 7.04. The van der Waals surface area contributed by atoms with E-state index in [4.69, 9.17) is 9.47 Å². The van der Waals surface area contributed by atoms with Crippen LogP contribution in [0.2, 0.25) is 0 Å². The van der Waals surface area contributed by atoms with E-state index in [1.807, 2.05) is 6.20 Å². The first-order valence-corrected chi connectivity index (χ1v) is 9.19. The van der Waals surface area contributed by atoms with Gasteiger partial charge in [0.05, 0.1) is 18.3 Å². The van der Waals surface area contributed by atoms with Crippen molar-refractivity contribution in [2.24, 2.45) is 0 Å². The molecule has 25 heavy (non-hydrogen) atoms. The Bertz CT molecular complexity index is 892. The molecule has 0 N–H and O–H groups in total. The molecule has 1 saturated heterocycles. The largest absolute Gasteiger partial charge is 0.490 e. The molecule has 0 radical (unpaired) electrons. The molecular formula is C21H22N2O2. The van der Waals surface area contributed by atoms with Crippen molar-refractivity contribution in [2.75, 3.05) is 13.2 Å². The maximum atomic E-state index is 6.10. The Balaban J connectivity index is 1.48. The molecule has 4 nitrogen and oxygen atoms in total. The zero-order valence-corrected chi connectivity index (χ0v) is 14.2. The molecule has 1 atom stereocenters.